The molecule has 1 saturated heterocycles. The maximum Gasteiger partial charge on any atom is 0.0858 e. The second-order valence-corrected chi connectivity index (χ2v) is 3.62. The van der Waals surface area contributed by atoms with Crippen molar-refractivity contribution in [2.45, 2.75) is 25.6 Å². The fourth-order valence-electron chi connectivity index (χ4n) is 1.93. The topological polar surface area (TPSA) is 45.2 Å². The lowest BCUT2D eigenvalue weighted by Crippen LogP contribution is -2.19. The van der Waals surface area contributed by atoms with Crippen LogP contribution in [0.5, 0.6) is 0 Å². The Morgan fingerprint density at radius 3 is 3.08 bits per heavy atom. The summed E-state index contributed by atoms with van der Waals surface area (Å²) >= 11 is 0. The number of hydrogen-bond donors (Lipinski definition) is 2. The molecular formula is C10H15NO2. The molecule has 2 rings (SSSR count). The smallest absolute Gasteiger partial charge is 0.0858 e. The van der Waals surface area contributed by atoms with Crippen LogP contribution < -0.4 is 0 Å². The highest BCUT2D eigenvalue weighted by Gasteiger charge is 2.31. The van der Waals surface area contributed by atoms with Crippen LogP contribution in [0.4, 0.5) is 0 Å². The van der Waals surface area contributed by atoms with Crippen molar-refractivity contribution < 1.29 is 9.84 Å². The largest absolute Gasteiger partial charge is 0.388 e. The molecule has 3 nitrogen and oxygen atoms in total. The van der Waals surface area contributed by atoms with Gasteiger partial charge in [-0.2, -0.15) is 0 Å². The molecule has 72 valence electrons. The molecule has 0 spiro atoms. The maximum atomic E-state index is 9.98. The lowest BCUT2D eigenvalue weighted by molar-refractivity contribution is 0.0432. The Kier molecular flexibility index (Phi) is 2.38. The molecule has 13 heavy (non-hydrogen) atoms. The van der Waals surface area contributed by atoms with E-state index >= 15 is 0 Å². The maximum absolute atomic E-state index is 9.98. The van der Waals surface area contributed by atoms with E-state index in [1.807, 2.05) is 25.4 Å². The zero-order valence-electron chi connectivity index (χ0n) is 7.73. The molecule has 0 amide bonds. The Morgan fingerprint density at radius 2 is 2.54 bits per heavy atom. The van der Waals surface area contributed by atoms with E-state index in [4.69, 9.17) is 4.74 Å². The molecule has 2 N–H and O–H groups in total. The fraction of sp³-hybridized carbons (Fsp3) is 0.600. The molecule has 0 bridgehead atoms. The van der Waals surface area contributed by atoms with Gasteiger partial charge in [0.1, 0.15) is 0 Å². The molecule has 0 aromatic carbocycles. The standard InChI is InChI=1S/C10H15NO2/c1-7-9(3-5-13-7)10(12)8-2-4-11-6-8/h2,4,6-7,9-12H,3,5H2,1H3. The van der Waals surface area contributed by atoms with Crippen LogP contribution >= 0.6 is 0 Å². The molecule has 3 heteroatoms. The van der Waals surface area contributed by atoms with Crippen molar-refractivity contribution in [1.82, 2.24) is 4.98 Å². The van der Waals surface area contributed by atoms with Crippen LogP contribution in [0.25, 0.3) is 0 Å². The summed E-state index contributed by atoms with van der Waals surface area (Å²) < 4.78 is 5.41. The third-order valence-electron chi connectivity index (χ3n) is 2.80. The van der Waals surface area contributed by atoms with Crippen LogP contribution in [0.3, 0.4) is 0 Å². The number of nitrogens with one attached hydrogen (secondary N) is 1. The average Bonchev–Trinajstić information content (AvgIpc) is 2.72. The number of aromatic nitrogens is 1. The van der Waals surface area contributed by atoms with E-state index < -0.39 is 0 Å². The highest BCUT2D eigenvalue weighted by molar-refractivity contribution is 5.13. The van der Waals surface area contributed by atoms with E-state index in [1.54, 1.807) is 0 Å². The van der Waals surface area contributed by atoms with Gasteiger partial charge in [-0.05, 0) is 25.0 Å². The van der Waals surface area contributed by atoms with Crippen LogP contribution in [0.1, 0.15) is 25.0 Å². The van der Waals surface area contributed by atoms with Gasteiger partial charge in [-0.3, -0.25) is 0 Å². The van der Waals surface area contributed by atoms with Crippen LogP contribution in [0.15, 0.2) is 18.5 Å². The van der Waals surface area contributed by atoms with Crippen molar-refractivity contribution in [3.05, 3.63) is 24.0 Å². The number of aromatic amines is 1. The number of H-pyrrole nitrogens is 1. The number of ether oxygens (including phenoxy) is 1. The van der Waals surface area contributed by atoms with Gasteiger partial charge >= 0.3 is 0 Å². The summed E-state index contributed by atoms with van der Waals surface area (Å²) in [6.45, 7) is 2.79. The Balaban J connectivity index is 2.08. The summed E-state index contributed by atoms with van der Waals surface area (Å²) in [6.07, 6.45) is 4.41. The van der Waals surface area contributed by atoms with Crippen LogP contribution in [-0.4, -0.2) is 22.8 Å². The van der Waals surface area contributed by atoms with Crippen LogP contribution in [0.2, 0.25) is 0 Å². The fourth-order valence-corrected chi connectivity index (χ4v) is 1.93. The van der Waals surface area contributed by atoms with Gasteiger partial charge in [0.25, 0.3) is 0 Å². The van der Waals surface area contributed by atoms with Crippen molar-refractivity contribution in [3.8, 4) is 0 Å². The minimum Gasteiger partial charge on any atom is -0.388 e. The number of rotatable bonds is 2. The molecular weight excluding hydrogens is 166 g/mol. The summed E-state index contributed by atoms with van der Waals surface area (Å²) in [7, 11) is 0. The molecule has 0 radical (unpaired) electrons. The number of aliphatic hydroxyl groups excluding tert-OH is 1. The van der Waals surface area contributed by atoms with Gasteiger partial charge in [0.15, 0.2) is 0 Å². The summed E-state index contributed by atoms with van der Waals surface area (Å²) in [6, 6.07) is 1.91. The average molecular weight is 181 g/mol. The molecule has 3 atom stereocenters. The van der Waals surface area contributed by atoms with E-state index in [9.17, 15) is 5.11 Å². The molecule has 1 aliphatic heterocycles. The summed E-state index contributed by atoms with van der Waals surface area (Å²) in [4.78, 5) is 2.95. The van der Waals surface area contributed by atoms with Crippen molar-refractivity contribution >= 4 is 0 Å². The zero-order valence-corrected chi connectivity index (χ0v) is 7.73. The Bertz CT molecular complexity index is 258. The predicted molar refractivity (Wildman–Crippen MR) is 49.3 cm³/mol. The first-order valence-corrected chi connectivity index (χ1v) is 4.71. The van der Waals surface area contributed by atoms with E-state index in [0.717, 1.165) is 18.6 Å². The lowest BCUT2D eigenvalue weighted by Gasteiger charge is -2.19. The van der Waals surface area contributed by atoms with Gasteiger partial charge in [-0.15, -0.1) is 0 Å². The third-order valence-corrected chi connectivity index (χ3v) is 2.80. The minimum atomic E-state index is -0.385. The molecule has 1 aliphatic rings. The SMILES string of the molecule is CC1OCCC1C(O)c1cc[nH]c1. The zero-order chi connectivity index (χ0) is 9.26. The van der Waals surface area contributed by atoms with E-state index in [1.165, 1.54) is 0 Å². The van der Waals surface area contributed by atoms with Gasteiger partial charge in [-0.25, -0.2) is 0 Å². The quantitative estimate of drug-likeness (QED) is 0.725. The van der Waals surface area contributed by atoms with Crippen molar-refractivity contribution in [1.29, 1.82) is 0 Å². The van der Waals surface area contributed by atoms with Gasteiger partial charge in [0, 0.05) is 24.9 Å². The van der Waals surface area contributed by atoms with Crippen LogP contribution in [-0.2, 0) is 4.74 Å². The molecule has 2 heterocycles. The Hall–Kier alpha value is -0.800. The van der Waals surface area contributed by atoms with Gasteiger partial charge < -0.3 is 14.8 Å². The van der Waals surface area contributed by atoms with E-state index in [0.29, 0.717) is 0 Å². The third kappa shape index (κ3) is 1.62. The van der Waals surface area contributed by atoms with E-state index in [-0.39, 0.29) is 18.1 Å². The molecule has 1 fully saturated rings. The lowest BCUT2D eigenvalue weighted by atomic mass is 9.92. The van der Waals surface area contributed by atoms with E-state index in [2.05, 4.69) is 4.98 Å². The van der Waals surface area contributed by atoms with Crippen molar-refractivity contribution in [2.75, 3.05) is 6.61 Å². The highest BCUT2D eigenvalue weighted by atomic mass is 16.5. The molecule has 0 saturated carbocycles. The summed E-state index contributed by atoms with van der Waals surface area (Å²) in [5, 5.41) is 9.98. The highest BCUT2D eigenvalue weighted by Crippen LogP contribution is 2.32. The first-order valence-electron chi connectivity index (χ1n) is 4.71. The monoisotopic (exact) mass is 181 g/mol. The normalized spacial score (nSPS) is 30.6. The molecule has 0 aliphatic carbocycles. The number of hydrogen-bond acceptors (Lipinski definition) is 2. The molecule has 1 aromatic heterocycles. The van der Waals surface area contributed by atoms with Crippen molar-refractivity contribution in [2.24, 2.45) is 5.92 Å². The summed E-state index contributed by atoms with van der Waals surface area (Å²) in [5.41, 5.74) is 0.961. The molecule has 3 unspecified atom stereocenters. The Morgan fingerprint density at radius 1 is 1.69 bits per heavy atom. The Labute approximate surface area is 77.7 Å². The first-order chi connectivity index (χ1) is 6.29. The second-order valence-electron chi connectivity index (χ2n) is 3.62. The second kappa shape index (κ2) is 3.52. The van der Waals surface area contributed by atoms with Gasteiger partial charge in [-0.1, -0.05) is 0 Å². The predicted octanol–water partition coefficient (Wildman–Crippen LogP) is 1.47. The van der Waals surface area contributed by atoms with Crippen molar-refractivity contribution in [3.63, 3.8) is 0 Å². The number of aliphatic hydroxyl groups is 1. The molecule has 1 aromatic rings. The van der Waals surface area contributed by atoms with Gasteiger partial charge in [0.2, 0.25) is 0 Å². The van der Waals surface area contributed by atoms with Crippen LogP contribution in [0, 0.1) is 5.92 Å². The van der Waals surface area contributed by atoms with Gasteiger partial charge in [0.05, 0.1) is 12.2 Å². The first kappa shape index (κ1) is 8.78. The summed E-state index contributed by atoms with van der Waals surface area (Å²) in [5.74, 6) is 0.246. The minimum absolute atomic E-state index is 0.171.